The molecule has 3 nitrogen and oxygen atoms in total. The van der Waals surface area contributed by atoms with Crippen LogP contribution in [0.5, 0.6) is 5.75 Å². The smallest absolute Gasteiger partial charge is 0.142 e. The molecule has 1 aromatic rings. The van der Waals surface area contributed by atoms with Gasteiger partial charge in [0.2, 0.25) is 0 Å². The number of hydrogen-bond acceptors (Lipinski definition) is 3. The molecule has 0 aliphatic heterocycles. The summed E-state index contributed by atoms with van der Waals surface area (Å²) in [4.78, 5) is 4.13. The SMILES string of the molecule is CCCCOc1cccnc1CN. The lowest BCUT2D eigenvalue weighted by molar-refractivity contribution is 0.304. The Balaban J connectivity index is 2.54. The van der Waals surface area contributed by atoms with Crippen LogP contribution in [0.4, 0.5) is 0 Å². The highest BCUT2D eigenvalue weighted by Crippen LogP contribution is 2.14. The lowest BCUT2D eigenvalue weighted by Crippen LogP contribution is -2.05. The van der Waals surface area contributed by atoms with Gasteiger partial charge in [0.1, 0.15) is 5.75 Å². The zero-order valence-corrected chi connectivity index (χ0v) is 7.99. The Kier molecular flexibility index (Phi) is 4.26. The number of ether oxygens (including phenoxy) is 1. The molecule has 1 aromatic heterocycles. The fourth-order valence-electron chi connectivity index (χ4n) is 1.03. The topological polar surface area (TPSA) is 48.1 Å². The molecule has 0 unspecified atom stereocenters. The average molecular weight is 180 g/mol. The van der Waals surface area contributed by atoms with Crippen LogP contribution in [0.25, 0.3) is 0 Å². The minimum atomic E-state index is 0.433. The highest BCUT2D eigenvalue weighted by atomic mass is 16.5. The van der Waals surface area contributed by atoms with Gasteiger partial charge in [0, 0.05) is 12.7 Å². The van der Waals surface area contributed by atoms with Crippen LogP contribution in [0.3, 0.4) is 0 Å². The van der Waals surface area contributed by atoms with E-state index in [-0.39, 0.29) is 0 Å². The van der Waals surface area contributed by atoms with Gasteiger partial charge < -0.3 is 10.5 Å². The van der Waals surface area contributed by atoms with Crippen molar-refractivity contribution in [2.75, 3.05) is 6.61 Å². The Morgan fingerprint density at radius 3 is 3.08 bits per heavy atom. The second-order valence-electron chi connectivity index (χ2n) is 2.85. The standard InChI is InChI=1S/C10H16N2O/c1-2-3-7-13-10-5-4-6-12-9(10)8-11/h4-6H,2-3,7-8,11H2,1H3. The molecule has 0 radical (unpaired) electrons. The molecule has 1 heterocycles. The maximum Gasteiger partial charge on any atom is 0.142 e. The number of unbranched alkanes of at least 4 members (excludes halogenated alkanes) is 1. The van der Waals surface area contributed by atoms with Crippen molar-refractivity contribution in [3.8, 4) is 5.75 Å². The third-order valence-electron chi connectivity index (χ3n) is 1.80. The molecule has 0 saturated carbocycles. The van der Waals surface area contributed by atoms with Crippen LogP contribution in [0.15, 0.2) is 18.3 Å². The molecule has 3 heteroatoms. The zero-order valence-electron chi connectivity index (χ0n) is 7.99. The van der Waals surface area contributed by atoms with Crippen molar-refractivity contribution in [2.45, 2.75) is 26.3 Å². The van der Waals surface area contributed by atoms with Crippen molar-refractivity contribution in [2.24, 2.45) is 5.73 Å². The number of aromatic nitrogens is 1. The molecule has 0 amide bonds. The quantitative estimate of drug-likeness (QED) is 0.702. The summed E-state index contributed by atoms with van der Waals surface area (Å²) in [5.41, 5.74) is 6.34. The fourth-order valence-corrected chi connectivity index (χ4v) is 1.03. The van der Waals surface area contributed by atoms with Crippen LogP contribution < -0.4 is 10.5 Å². The van der Waals surface area contributed by atoms with Crippen LogP contribution in [0.1, 0.15) is 25.5 Å². The van der Waals surface area contributed by atoms with Gasteiger partial charge in [-0.1, -0.05) is 13.3 Å². The van der Waals surface area contributed by atoms with Gasteiger partial charge in [0.25, 0.3) is 0 Å². The highest BCUT2D eigenvalue weighted by molar-refractivity contribution is 5.26. The third-order valence-corrected chi connectivity index (χ3v) is 1.80. The van der Waals surface area contributed by atoms with Crippen molar-refractivity contribution in [1.29, 1.82) is 0 Å². The molecule has 1 rings (SSSR count). The van der Waals surface area contributed by atoms with Crippen molar-refractivity contribution >= 4 is 0 Å². The molecule has 0 aromatic carbocycles. The van der Waals surface area contributed by atoms with Crippen molar-refractivity contribution < 1.29 is 4.74 Å². The second kappa shape index (κ2) is 5.54. The predicted octanol–water partition coefficient (Wildman–Crippen LogP) is 1.72. The Hall–Kier alpha value is -1.09. The normalized spacial score (nSPS) is 10.0. The van der Waals surface area contributed by atoms with Crippen molar-refractivity contribution in [3.05, 3.63) is 24.0 Å². The lowest BCUT2D eigenvalue weighted by atomic mass is 10.3. The van der Waals surface area contributed by atoms with E-state index in [0.29, 0.717) is 6.54 Å². The highest BCUT2D eigenvalue weighted by Gasteiger charge is 2.00. The van der Waals surface area contributed by atoms with E-state index < -0.39 is 0 Å². The molecular weight excluding hydrogens is 164 g/mol. The Bertz CT molecular complexity index is 250. The summed E-state index contributed by atoms with van der Waals surface area (Å²) in [6, 6.07) is 3.77. The van der Waals surface area contributed by atoms with E-state index in [1.807, 2.05) is 12.1 Å². The van der Waals surface area contributed by atoms with E-state index >= 15 is 0 Å². The van der Waals surface area contributed by atoms with Gasteiger partial charge in [-0.15, -0.1) is 0 Å². The van der Waals surface area contributed by atoms with E-state index in [1.54, 1.807) is 6.20 Å². The predicted molar refractivity (Wildman–Crippen MR) is 52.5 cm³/mol. The maximum absolute atomic E-state index is 5.53. The molecule has 0 aliphatic rings. The van der Waals surface area contributed by atoms with Gasteiger partial charge in [-0.25, -0.2) is 0 Å². The Labute approximate surface area is 78.9 Å². The van der Waals surface area contributed by atoms with Crippen molar-refractivity contribution in [1.82, 2.24) is 4.98 Å². The monoisotopic (exact) mass is 180 g/mol. The maximum atomic E-state index is 5.53. The summed E-state index contributed by atoms with van der Waals surface area (Å²) in [6.07, 6.45) is 3.94. The molecule has 0 spiro atoms. The summed E-state index contributed by atoms with van der Waals surface area (Å²) in [7, 11) is 0. The number of rotatable bonds is 5. The first-order chi connectivity index (χ1) is 6.38. The number of nitrogens with two attached hydrogens (primary N) is 1. The zero-order chi connectivity index (χ0) is 9.52. The fraction of sp³-hybridized carbons (Fsp3) is 0.500. The van der Waals surface area contributed by atoms with E-state index in [9.17, 15) is 0 Å². The van der Waals surface area contributed by atoms with Crippen molar-refractivity contribution in [3.63, 3.8) is 0 Å². The Morgan fingerprint density at radius 2 is 2.38 bits per heavy atom. The van der Waals surface area contributed by atoms with Gasteiger partial charge in [0.15, 0.2) is 0 Å². The van der Waals surface area contributed by atoms with Crippen LogP contribution >= 0.6 is 0 Å². The summed E-state index contributed by atoms with van der Waals surface area (Å²) in [5.74, 6) is 0.818. The summed E-state index contributed by atoms with van der Waals surface area (Å²) >= 11 is 0. The van der Waals surface area contributed by atoms with Gasteiger partial charge in [0.05, 0.1) is 12.3 Å². The molecule has 0 aliphatic carbocycles. The van der Waals surface area contributed by atoms with Crippen LogP contribution in [0, 0.1) is 0 Å². The summed E-state index contributed by atoms with van der Waals surface area (Å²) in [6.45, 7) is 3.31. The van der Waals surface area contributed by atoms with Gasteiger partial charge in [-0.05, 0) is 18.6 Å². The molecule has 0 saturated heterocycles. The van der Waals surface area contributed by atoms with Gasteiger partial charge >= 0.3 is 0 Å². The van der Waals surface area contributed by atoms with E-state index in [2.05, 4.69) is 11.9 Å². The average Bonchev–Trinajstić information content (AvgIpc) is 2.19. The molecule has 0 atom stereocenters. The first kappa shape index (κ1) is 9.99. The van der Waals surface area contributed by atoms with Gasteiger partial charge in [-0.2, -0.15) is 0 Å². The molecule has 0 fully saturated rings. The second-order valence-corrected chi connectivity index (χ2v) is 2.85. The number of pyridine rings is 1. The summed E-state index contributed by atoms with van der Waals surface area (Å²) in [5, 5.41) is 0. The lowest BCUT2D eigenvalue weighted by Gasteiger charge is -2.07. The molecule has 13 heavy (non-hydrogen) atoms. The van der Waals surface area contributed by atoms with E-state index in [4.69, 9.17) is 10.5 Å². The van der Waals surface area contributed by atoms with E-state index in [1.165, 1.54) is 0 Å². The molecule has 0 bridgehead atoms. The van der Waals surface area contributed by atoms with E-state index in [0.717, 1.165) is 30.9 Å². The summed E-state index contributed by atoms with van der Waals surface area (Å²) < 4.78 is 5.53. The first-order valence-corrected chi connectivity index (χ1v) is 4.65. The third kappa shape index (κ3) is 3.03. The molecular formula is C10H16N2O. The minimum Gasteiger partial charge on any atom is -0.492 e. The van der Waals surface area contributed by atoms with Crippen LogP contribution in [-0.4, -0.2) is 11.6 Å². The van der Waals surface area contributed by atoms with Gasteiger partial charge in [-0.3, -0.25) is 4.98 Å². The number of nitrogens with zero attached hydrogens (tertiary/aromatic N) is 1. The molecule has 72 valence electrons. The molecule has 2 N–H and O–H groups in total. The van der Waals surface area contributed by atoms with Crippen LogP contribution in [-0.2, 0) is 6.54 Å². The Morgan fingerprint density at radius 1 is 1.54 bits per heavy atom. The number of hydrogen-bond donors (Lipinski definition) is 1. The first-order valence-electron chi connectivity index (χ1n) is 4.65. The minimum absolute atomic E-state index is 0.433. The largest absolute Gasteiger partial charge is 0.492 e. The van der Waals surface area contributed by atoms with Crippen LogP contribution in [0.2, 0.25) is 0 Å².